The van der Waals surface area contributed by atoms with Crippen molar-refractivity contribution >= 4 is 17.3 Å². The van der Waals surface area contributed by atoms with Crippen molar-refractivity contribution in [1.82, 2.24) is 4.57 Å². The predicted molar refractivity (Wildman–Crippen MR) is 71.5 cm³/mol. The van der Waals surface area contributed by atoms with Gasteiger partial charge in [0.25, 0.3) is 0 Å². The third-order valence-corrected chi connectivity index (χ3v) is 2.94. The van der Waals surface area contributed by atoms with Crippen LogP contribution in [0.2, 0.25) is 0 Å². The summed E-state index contributed by atoms with van der Waals surface area (Å²) in [6, 6.07) is 7.82. The summed E-state index contributed by atoms with van der Waals surface area (Å²) in [5.41, 5.74) is 3.05. The van der Waals surface area contributed by atoms with Gasteiger partial charge in [-0.25, -0.2) is 9.13 Å². The lowest BCUT2D eigenvalue weighted by Crippen LogP contribution is -2.25. The van der Waals surface area contributed by atoms with Gasteiger partial charge in [0.1, 0.15) is 11.4 Å². The molecule has 0 aliphatic heterocycles. The highest BCUT2D eigenvalue weighted by atomic mass is 15.3. The molecule has 1 N–H and O–H groups in total. The molecule has 1 aromatic heterocycles. The van der Waals surface area contributed by atoms with Crippen LogP contribution in [0.1, 0.15) is 5.69 Å². The molecule has 18 heavy (non-hydrogen) atoms. The molecule has 0 radical (unpaired) electrons. The molecule has 0 unspecified atom stereocenters. The Morgan fingerprint density at radius 3 is 2.33 bits per heavy atom. The Balaban J connectivity index is 2.24. The summed E-state index contributed by atoms with van der Waals surface area (Å²) in [6.07, 6.45) is 2.03. The zero-order valence-corrected chi connectivity index (χ0v) is 11.2. The average molecular weight is 244 g/mol. The maximum Gasteiger partial charge on any atom is 0.421 e. The molecule has 0 spiro atoms. The molecule has 0 aliphatic carbocycles. The molecule has 0 amide bonds. The van der Waals surface area contributed by atoms with Crippen molar-refractivity contribution < 1.29 is 4.57 Å². The van der Waals surface area contributed by atoms with Crippen LogP contribution >= 0.6 is 0 Å². The van der Waals surface area contributed by atoms with Gasteiger partial charge < -0.3 is 5.32 Å². The van der Waals surface area contributed by atoms with Gasteiger partial charge >= 0.3 is 5.95 Å². The van der Waals surface area contributed by atoms with Crippen LogP contribution in [0, 0.1) is 6.92 Å². The number of rotatable bonds is 3. The first kappa shape index (κ1) is 12.3. The highest BCUT2D eigenvalue weighted by Gasteiger charge is 2.14. The van der Waals surface area contributed by atoms with Gasteiger partial charge in [0.2, 0.25) is 0 Å². The van der Waals surface area contributed by atoms with Gasteiger partial charge in [-0.15, -0.1) is 0 Å². The minimum atomic E-state index is 0.824. The maximum atomic E-state index is 4.28. The Labute approximate surface area is 107 Å². The van der Waals surface area contributed by atoms with Crippen LogP contribution < -0.4 is 9.88 Å². The van der Waals surface area contributed by atoms with Crippen molar-refractivity contribution in [3.8, 4) is 0 Å². The fraction of sp³-hybridized carbons (Fsp3) is 0.308. The number of imidazole rings is 1. The standard InChI is InChI=1S/C13H17N5/c1-10-9-17(3)13(18(10)4)16-15-12-7-5-11(14-2)6-8-12/h5-9H,1-4H3/p+1. The maximum absolute atomic E-state index is 4.28. The molecule has 5 nitrogen and oxygen atoms in total. The minimum Gasteiger partial charge on any atom is -0.388 e. The topological polar surface area (TPSA) is 45.6 Å². The fourth-order valence-electron chi connectivity index (χ4n) is 1.75. The molecule has 2 aromatic rings. The van der Waals surface area contributed by atoms with E-state index < -0.39 is 0 Å². The summed E-state index contributed by atoms with van der Waals surface area (Å²) in [6.45, 7) is 2.04. The molecule has 1 aromatic carbocycles. The SMILES string of the molecule is CNc1ccc(N=Nc2n(C)c(C)c[n+]2C)cc1. The fourth-order valence-corrected chi connectivity index (χ4v) is 1.75. The van der Waals surface area contributed by atoms with Crippen LogP contribution in [0.5, 0.6) is 0 Å². The van der Waals surface area contributed by atoms with Crippen LogP contribution in [0.25, 0.3) is 0 Å². The Morgan fingerprint density at radius 1 is 1.17 bits per heavy atom. The highest BCUT2D eigenvalue weighted by Crippen LogP contribution is 2.18. The van der Waals surface area contributed by atoms with Crippen molar-refractivity contribution in [3.05, 3.63) is 36.2 Å². The normalized spacial score (nSPS) is 11.1. The molecule has 5 heteroatoms. The summed E-state index contributed by atoms with van der Waals surface area (Å²) in [5.74, 6) is 0.824. The minimum absolute atomic E-state index is 0.824. The van der Waals surface area contributed by atoms with Gasteiger partial charge in [-0.3, -0.25) is 0 Å². The lowest BCUT2D eigenvalue weighted by molar-refractivity contribution is -0.657. The van der Waals surface area contributed by atoms with Gasteiger partial charge in [0.15, 0.2) is 0 Å². The smallest absolute Gasteiger partial charge is 0.388 e. The van der Waals surface area contributed by atoms with E-state index in [4.69, 9.17) is 0 Å². The van der Waals surface area contributed by atoms with Gasteiger partial charge in [-0.2, -0.15) is 0 Å². The van der Waals surface area contributed by atoms with E-state index in [-0.39, 0.29) is 0 Å². The molecule has 2 rings (SSSR count). The summed E-state index contributed by atoms with van der Waals surface area (Å²) < 4.78 is 3.96. The van der Waals surface area contributed by atoms with Crippen LogP contribution in [0.3, 0.4) is 0 Å². The van der Waals surface area contributed by atoms with E-state index in [1.165, 1.54) is 0 Å². The number of nitrogens with one attached hydrogen (secondary N) is 1. The molecular weight excluding hydrogens is 226 g/mol. The third-order valence-electron chi connectivity index (χ3n) is 2.94. The van der Waals surface area contributed by atoms with Crippen LogP contribution in [-0.4, -0.2) is 11.6 Å². The van der Waals surface area contributed by atoms with E-state index in [0.29, 0.717) is 0 Å². The van der Waals surface area contributed by atoms with E-state index in [2.05, 4.69) is 15.5 Å². The summed E-state index contributed by atoms with van der Waals surface area (Å²) in [5, 5.41) is 11.6. The Kier molecular flexibility index (Phi) is 3.41. The largest absolute Gasteiger partial charge is 0.421 e. The predicted octanol–water partition coefficient (Wildman–Crippen LogP) is 2.62. The average Bonchev–Trinajstić information content (AvgIpc) is 2.62. The zero-order valence-electron chi connectivity index (χ0n) is 11.2. The van der Waals surface area contributed by atoms with E-state index in [0.717, 1.165) is 23.0 Å². The Bertz CT molecular complexity index is 566. The van der Waals surface area contributed by atoms with Crippen molar-refractivity contribution in [2.75, 3.05) is 12.4 Å². The van der Waals surface area contributed by atoms with Crippen molar-refractivity contribution in [2.24, 2.45) is 24.3 Å². The molecule has 0 atom stereocenters. The Morgan fingerprint density at radius 2 is 1.83 bits per heavy atom. The number of nitrogens with zero attached hydrogens (tertiary/aromatic N) is 4. The summed E-state index contributed by atoms with van der Waals surface area (Å²) in [7, 11) is 5.84. The van der Waals surface area contributed by atoms with E-state index in [9.17, 15) is 0 Å². The first-order chi connectivity index (χ1) is 8.61. The van der Waals surface area contributed by atoms with Gasteiger partial charge in [-0.05, 0) is 31.2 Å². The Hall–Kier alpha value is -2.17. The van der Waals surface area contributed by atoms with Crippen molar-refractivity contribution in [1.29, 1.82) is 0 Å². The van der Waals surface area contributed by atoms with E-state index in [1.807, 2.05) is 67.7 Å². The second kappa shape index (κ2) is 5.00. The van der Waals surface area contributed by atoms with Crippen LogP contribution in [0.15, 0.2) is 40.7 Å². The monoisotopic (exact) mass is 244 g/mol. The molecule has 94 valence electrons. The number of hydrogen-bond donors (Lipinski definition) is 1. The van der Waals surface area contributed by atoms with E-state index >= 15 is 0 Å². The second-order valence-corrected chi connectivity index (χ2v) is 4.24. The lowest BCUT2D eigenvalue weighted by atomic mass is 10.3. The summed E-state index contributed by atoms with van der Waals surface area (Å²) in [4.78, 5) is 0. The van der Waals surface area contributed by atoms with Gasteiger partial charge in [-0.1, -0.05) is 5.11 Å². The van der Waals surface area contributed by atoms with Crippen LogP contribution in [0.4, 0.5) is 17.3 Å². The number of anilines is 1. The van der Waals surface area contributed by atoms with Gasteiger partial charge in [0, 0.05) is 17.8 Å². The lowest BCUT2D eigenvalue weighted by Gasteiger charge is -1.97. The molecule has 0 saturated heterocycles. The number of aromatic nitrogens is 2. The highest BCUT2D eigenvalue weighted by molar-refractivity contribution is 5.50. The zero-order chi connectivity index (χ0) is 13.1. The molecule has 0 aliphatic rings. The number of azo groups is 1. The second-order valence-electron chi connectivity index (χ2n) is 4.24. The molecular formula is C13H18N5+. The van der Waals surface area contributed by atoms with Crippen LogP contribution in [-0.2, 0) is 14.1 Å². The molecule has 0 fully saturated rings. The first-order valence-corrected chi connectivity index (χ1v) is 5.83. The molecule has 0 saturated carbocycles. The number of benzene rings is 1. The van der Waals surface area contributed by atoms with Crippen molar-refractivity contribution in [3.63, 3.8) is 0 Å². The van der Waals surface area contributed by atoms with Crippen molar-refractivity contribution in [2.45, 2.75) is 6.92 Å². The number of aryl methyl sites for hydroxylation is 2. The molecule has 1 heterocycles. The number of hydrogen-bond acceptors (Lipinski definition) is 3. The third kappa shape index (κ3) is 2.40. The van der Waals surface area contributed by atoms with Gasteiger partial charge in [0.05, 0.1) is 20.3 Å². The van der Waals surface area contributed by atoms with E-state index in [1.54, 1.807) is 0 Å². The summed E-state index contributed by atoms with van der Waals surface area (Å²) >= 11 is 0. The first-order valence-electron chi connectivity index (χ1n) is 5.83. The molecule has 0 bridgehead atoms. The quantitative estimate of drug-likeness (QED) is 0.654.